The number of halogens is 1. The lowest BCUT2D eigenvalue weighted by Gasteiger charge is -2.53. The van der Waals surface area contributed by atoms with Crippen molar-refractivity contribution in [3.63, 3.8) is 0 Å². The number of aryl methyl sites for hydroxylation is 2. The standard InChI is InChI=1S/C22H26FN3O4/c1-14-3-4-16(12-17(14)23)29-13-19(27)24-21-5-8-22(9-6-21,10-7-21)25-20(28)18-11-15(2)26-30-18/h3-4,11-12H,5-10,13H2,1-2H3,(H,24,27)(H,25,28). The highest BCUT2D eigenvalue weighted by Gasteiger charge is 2.50. The van der Waals surface area contributed by atoms with Gasteiger partial charge in [0.25, 0.3) is 11.8 Å². The summed E-state index contributed by atoms with van der Waals surface area (Å²) in [5.74, 6) is -0.256. The molecule has 1 heterocycles. The highest BCUT2D eigenvalue weighted by atomic mass is 19.1. The van der Waals surface area contributed by atoms with Crippen LogP contribution in [0, 0.1) is 19.7 Å². The smallest absolute Gasteiger partial charge is 0.290 e. The van der Waals surface area contributed by atoms with Crippen LogP contribution < -0.4 is 15.4 Å². The third-order valence-electron chi connectivity index (χ3n) is 6.39. The Balaban J connectivity index is 1.29. The van der Waals surface area contributed by atoms with Gasteiger partial charge >= 0.3 is 0 Å². The van der Waals surface area contributed by atoms with E-state index in [0.717, 1.165) is 38.5 Å². The molecule has 2 bridgehead atoms. The molecule has 3 saturated carbocycles. The SMILES string of the molecule is Cc1cc(C(=O)NC23CCC(NC(=O)COc4ccc(C)c(F)c4)(CC2)CC3)on1. The zero-order chi connectivity index (χ0) is 21.4. The lowest BCUT2D eigenvalue weighted by atomic mass is 9.61. The van der Waals surface area contributed by atoms with Crippen LogP contribution in [0.25, 0.3) is 0 Å². The topological polar surface area (TPSA) is 93.5 Å². The first-order chi connectivity index (χ1) is 14.3. The Morgan fingerprint density at radius 1 is 1.07 bits per heavy atom. The molecule has 3 aliphatic carbocycles. The third kappa shape index (κ3) is 4.17. The fraction of sp³-hybridized carbons (Fsp3) is 0.500. The Labute approximate surface area is 174 Å². The summed E-state index contributed by atoms with van der Waals surface area (Å²) in [4.78, 5) is 24.9. The molecule has 0 atom stereocenters. The van der Waals surface area contributed by atoms with E-state index in [2.05, 4.69) is 15.8 Å². The van der Waals surface area contributed by atoms with Crippen molar-refractivity contribution >= 4 is 11.8 Å². The number of amides is 2. The highest BCUT2D eigenvalue weighted by molar-refractivity contribution is 5.92. The van der Waals surface area contributed by atoms with Crippen LogP contribution >= 0.6 is 0 Å². The van der Waals surface area contributed by atoms with Crippen molar-refractivity contribution < 1.29 is 23.2 Å². The lowest BCUT2D eigenvalue weighted by molar-refractivity contribution is -0.126. The predicted octanol–water partition coefficient (Wildman–Crippen LogP) is 3.20. The molecule has 0 spiro atoms. The Kier molecular flexibility index (Phi) is 5.26. The minimum Gasteiger partial charge on any atom is -0.484 e. The first-order valence-electron chi connectivity index (χ1n) is 10.2. The maximum Gasteiger partial charge on any atom is 0.290 e. The largest absolute Gasteiger partial charge is 0.484 e. The van der Waals surface area contributed by atoms with Gasteiger partial charge in [0.2, 0.25) is 5.76 Å². The number of benzene rings is 1. The van der Waals surface area contributed by atoms with Gasteiger partial charge in [0.15, 0.2) is 6.61 Å². The Morgan fingerprint density at radius 3 is 2.27 bits per heavy atom. The highest BCUT2D eigenvalue weighted by Crippen LogP contribution is 2.47. The summed E-state index contributed by atoms with van der Waals surface area (Å²) in [5.41, 5.74) is 0.667. The second-order valence-electron chi connectivity index (χ2n) is 8.60. The number of rotatable bonds is 6. The molecule has 30 heavy (non-hydrogen) atoms. The predicted molar refractivity (Wildman–Crippen MR) is 107 cm³/mol. The van der Waals surface area contributed by atoms with Crippen LogP contribution in [-0.4, -0.2) is 34.7 Å². The molecule has 160 valence electrons. The van der Waals surface area contributed by atoms with Crippen molar-refractivity contribution in [3.8, 4) is 5.75 Å². The number of aromatic nitrogens is 1. The molecular formula is C22H26FN3O4. The molecule has 0 aliphatic heterocycles. The van der Waals surface area contributed by atoms with E-state index in [1.165, 1.54) is 6.07 Å². The molecule has 0 saturated heterocycles. The third-order valence-corrected chi connectivity index (χ3v) is 6.39. The van der Waals surface area contributed by atoms with Crippen LogP contribution in [0.15, 0.2) is 28.8 Å². The van der Waals surface area contributed by atoms with Gasteiger partial charge < -0.3 is 19.9 Å². The number of hydrogen-bond donors (Lipinski definition) is 2. The molecule has 1 aromatic heterocycles. The van der Waals surface area contributed by atoms with E-state index in [-0.39, 0.29) is 41.1 Å². The summed E-state index contributed by atoms with van der Waals surface area (Å²) in [5, 5.41) is 10.0. The molecule has 0 radical (unpaired) electrons. The molecular weight excluding hydrogens is 389 g/mol. The monoisotopic (exact) mass is 415 g/mol. The van der Waals surface area contributed by atoms with Gasteiger partial charge in [0.05, 0.1) is 5.69 Å². The second kappa shape index (κ2) is 7.74. The van der Waals surface area contributed by atoms with Crippen molar-refractivity contribution in [2.45, 2.75) is 63.5 Å². The second-order valence-corrected chi connectivity index (χ2v) is 8.60. The average Bonchev–Trinajstić information content (AvgIpc) is 3.17. The van der Waals surface area contributed by atoms with Crippen LogP contribution in [0.1, 0.15) is 60.3 Å². The maximum atomic E-state index is 13.6. The normalized spacial score (nSPS) is 25.0. The summed E-state index contributed by atoms with van der Waals surface area (Å²) in [6.45, 7) is 3.29. The number of hydrogen-bond acceptors (Lipinski definition) is 5. The molecule has 8 heteroatoms. The van der Waals surface area contributed by atoms with E-state index in [9.17, 15) is 14.0 Å². The molecule has 2 aromatic rings. The fourth-order valence-corrected chi connectivity index (χ4v) is 4.48. The summed E-state index contributed by atoms with van der Waals surface area (Å²) < 4.78 is 24.1. The molecule has 2 N–H and O–H groups in total. The van der Waals surface area contributed by atoms with Gasteiger partial charge in [-0.2, -0.15) is 0 Å². The van der Waals surface area contributed by atoms with Gasteiger partial charge in [-0.15, -0.1) is 0 Å². The number of nitrogens with zero attached hydrogens (tertiary/aromatic N) is 1. The molecule has 5 rings (SSSR count). The first-order valence-corrected chi connectivity index (χ1v) is 10.2. The first kappa shape index (κ1) is 20.4. The average molecular weight is 415 g/mol. The minimum atomic E-state index is -0.357. The van der Waals surface area contributed by atoms with Gasteiger partial charge in [-0.3, -0.25) is 9.59 Å². The Hall–Kier alpha value is -2.90. The van der Waals surface area contributed by atoms with E-state index >= 15 is 0 Å². The molecule has 3 aliphatic rings. The van der Waals surface area contributed by atoms with Crippen LogP contribution in [0.2, 0.25) is 0 Å². The van der Waals surface area contributed by atoms with Crippen molar-refractivity contribution in [1.82, 2.24) is 15.8 Å². The van der Waals surface area contributed by atoms with Crippen LogP contribution in [-0.2, 0) is 4.79 Å². The van der Waals surface area contributed by atoms with E-state index in [1.54, 1.807) is 32.0 Å². The summed E-state index contributed by atoms with van der Waals surface area (Å²) in [6, 6.07) is 6.19. The number of carbonyl (C=O) groups is 2. The van der Waals surface area contributed by atoms with Gasteiger partial charge in [0.1, 0.15) is 11.6 Å². The van der Waals surface area contributed by atoms with E-state index < -0.39 is 0 Å². The van der Waals surface area contributed by atoms with Crippen LogP contribution in [0.4, 0.5) is 4.39 Å². The van der Waals surface area contributed by atoms with Crippen LogP contribution in [0.5, 0.6) is 5.75 Å². The zero-order valence-corrected chi connectivity index (χ0v) is 17.2. The number of fused-ring (bicyclic) bond motifs is 3. The van der Waals surface area contributed by atoms with E-state index in [4.69, 9.17) is 9.26 Å². The molecule has 0 unspecified atom stereocenters. The molecule has 3 fully saturated rings. The Morgan fingerprint density at radius 2 is 1.70 bits per heavy atom. The van der Waals surface area contributed by atoms with Crippen molar-refractivity contribution in [2.24, 2.45) is 0 Å². The van der Waals surface area contributed by atoms with Crippen molar-refractivity contribution in [3.05, 3.63) is 47.1 Å². The summed E-state index contributed by atoms with van der Waals surface area (Å²) >= 11 is 0. The van der Waals surface area contributed by atoms with Crippen molar-refractivity contribution in [2.75, 3.05) is 6.61 Å². The van der Waals surface area contributed by atoms with Gasteiger partial charge in [0, 0.05) is 23.2 Å². The number of nitrogens with one attached hydrogen (secondary N) is 2. The lowest BCUT2D eigenvalue weighted by Crippen LogP contribution is -2.64. The number of carbonyl (C=O) groups excluding carboxylic acids is 2. The fourth-order valence-electron chi connectivity index (χ4n) is 4.48. The number of ether oxygens (including phenoxy) is 1. The minimum absolute atomic E-state index is 0.156. The van der Waals surface area contributed by atoms with Gasteiger partial charge in [-0.1, -0.05) is 11.2 Å². The summed E-state index contributed by atoms with van der Waals surface area (Å²) in [7, 11) is 0. The molecule has 1 aromatic carbocycles. The Bertz CT molecular complexity index is 947. The summed E-state index contributed by atoms with van der Waals surface area (Å²) in [6.07, 6.45) is 4.72. The van der Waals surface area contributed by atoms with E-state index in [0.29, 0.717) is 17.0 Å². The quantitative estimate of drug-likeness (QED) is 0.756. The zero-order valence-electron chi connectivity index (χ0n) is 17.2. The van der Waals surface area contributed by atoms with Crippen LogP contribution in [0.3, 0.4) is 0 Å². The molecule has 7 nitrogen and oxygen atoms in total. The van der Waals surface area contributed by atoms with Gasteiger partial charge in [-0.05, 0) is 64.0 Å². The van der Waals surface area contributed by atoms with Crippen molar-refractivity contribution in [1.29, 1.82) is 0 Å². The molecule has 2 amide bonds. The van der Waals surface area contributed by atoms with Gasteiger partial charge in [-0.25, -0.2) is 4.39 Å². The van der Waals surface area contributed by atoms with E-state index in [1.807, 2.05) is 0 Å². The maximum absolute atomic E-state index is 13.6.